The van der Waals surface area contributed by atoms with Gasteiger partial charge in [-0.05, 0) is 31.9 Å². The largest absolute Gasteiger partial charge is 0.335 e. The van der Waals surface area contributed by atoms with Crippen LogP contribution in [-0.2, 0) is 6.54 Å². The zero-order chi connectivity index (χ0) is 20.4. The fraction of sp³-hybridized carbons (Fsp3) is 0.333. The number of hydrogen-bond acceptors (Lipinski definition) is 6. The summed E-state index contributed by atoms with van der Waals surface area (Å²) in [6, 6.07) is 9.41. The van der Waals surface area contributed by atoms with Gasteiger partial charge < -0.3 is 10.6 Å². The Labute approximate surface area is 173 Å². The molecular weight excluding hydrogens is 384 g/mol. The third kappa shape index (κ3) is 3.92. The predicted molar refractivity (Wildman–Crippen MR) is 112 cm³/mol. The maximum absolute atomic E-state index is 13.1. The van der Waals surface area contributed by atoms with Crippen molar-refractivity contribution in [2.24, 2.45) is 5.73 Å². The quantitative estimate of drug-likeness (QED) is 0.717. The summed E-state index contributed by atoms with van der Waals surface area (Å²) in [5.74, 6) is -0.0748. The second kappa shape index (κ2) is 8.15. The monoisotopic (exact) mass is 406 g/mol. The van der Waals surface area contributed by atoms with Crippen molar-refractivity contribution >= 4 is 17.2 Å². The van der Waals surface area contributed by atoms with E-state index in [2.05, 4.69) is 11.2 Å². The van der Waals surface area contributed by atoms with Crippen LogP contribution in [0.3, 0.4) is 0 Å². The summed E-state index contributed by atoms with van der Waals surface area (Å²) in [4.78, 5) is 20.5. The Bertz CT molecular complexity index is 1060. The van der Waals surface area contributed by atoms with E-state index in [1.807, 2.05) is 29.9 Å². The van der Waals surface area contributed by atoms with Crippen LogP contribution in [0.2, 0.25) is 0 Å². The Morgan fingerprint density at radius 2 is 2.14 bits per heavy atom. The molecule has 1 atom stereocenters. The maximum Gasteiger partial charge on any atom is 0.282 e. The van der Waals surface area contributed by atoms with Gasteiger partial charge in [0.25, 0.3) is 5.91 Å². The molecule has 1 aliphatic heterocycles. The van der Waals surface area contributed by atoms with Gasteiger partial charge in [0.05, 0.1) is 28.4 Å². The van der Waals surface area contributed by atoms with Crippen molar-refractivity contribution < 1.29 is 4.79 Å². The fourth-order valence-electron chi connectivity index (χ4n) is 3.49. The van der Waals surface area contributed by atoms with Gasteiger partial charge in [-0.2, -0.15) is 10.4 Å². The van der Waals surface area contributed by atoms with Crippen LogP contribution >= 0.6 is 11.3 Å². The molecule has 3 heterocycles. The van der Waals surface area contributed by atoms with Crippen LogP contribution in [0.15, 0.2) is 36.7 Å². The van der Waals surface area contributed by atoms with Gasteiger partial charge in [0.2, 0.25) is 0 Å². The number of nitriles is 1. The molecule has 2 N–H and O–H groups in total. The standard InChI is InChI=1S/C21H22N6OS/c1-2-27-12-16(11-24-27)19-18(15-7-5-14(10-22)6-8-15)25-20(29-19)21(28)26-9-3-4-17(23)13-26/h5-8,11-12,17H,2-4,9,13,23H2,1H3/t17-/m1/s1. The van der Waals surface area contributed by atoms with E-state index >= 15 is 0 Å². The molecule has 1 saturated heterocycles. The zero-order valence-electron chi connectivity index (χ0n) is 16.2. The molecule has 0 aliphatic carbocycles. The number of aryl methyl sites for hydroxylation is 1. The summed E-state index contributed by atoms with van der Waals surface area (Å²) in [5.41, 5.74) is 9.18. The number of nitrogens with zero attached hydrogens (tertiary/aromatic N) is 5. The summed E-state index contributed by atoms with van der Waals surface area (Å²) in [7, 11) is 0. The van der Waals surface area contributed by atoms with Gasteiger partial charge in [0.15, 0.2) is 5.01 Å². The highest BCUT2D eigenvalue weighted by molar-refractivity contribution is 7.17. The number of rotatable bonds is 4. The van der Waals surface area contributed by atoms with E-state index in [-0.39, 0.29) is 11.9 Å². The number of piperidine rings is 1. The van der Waals surface area contributed by atoms with Gasteiger partial charge in [-0.25, -0.2) is 4.98 Å². The summed E-state index contributed by atoms with van der Waals surface area (Å²) in [6.45, 7) is 4.07. The van der Waals surface area contributed by atoms with Crippen molar-refractivity contribution in [1.82, 2.24) is 19.7 Å². The molecule has 0 unspecified atom stereocenters. The van der Waals surface area contributed by atoms with Crippen LogP contribution in [0.1, 0.15) is 35.1 Å². The molecule has 1 fully saturated rings. The minimum absolute atomic E-state index is 0.0212. The average molecular weight is 407 g/mol. The minimum atomic E-state index is -0.0748. The first-order valence-corrected chi connectivity index (χ1v) is 10.5. The van der Waals surface area contributed by atoms with E-state index in [0.29, 0.717) is 23.7 Å². The van der Waals surface area contributed by atoms with Gasteiger partial charge in [-0.1, -0.05) is 12.1 Å². The summed E-state index contributed by atoms with van der Waals surface area (Å²) in [6.07, 6.45) is 5.62. The lowest BCUT2D eigenvalue weighted by Gasteiger charge is -2.30. The molecule has 4 rings (SSSR count). The van der Waals surface area contributed by atoms with Gasteiger partial charge in [0.1, 0.15) is 0 Å². The number of thiazole rings is 1. The number of benzene rings is 1. The topological polar surface area (TPSA) is 101 Å². The number of carbonyl (C=O) groups excluding carboxylic acids is 1. The first kappa shape index (κ1) is 19.3. The molecule has 0 saturated carbocycles. The first-order chi connectivity index (χ1) is 14.1. The number of likely N-dealkylation sites (tertiary alicyclic amines) is 1. The van der Waals surface area contributed by atoms with E-state index in [9.17, 15) is 4.79 Å². The molecule has 148 valence electrons. The van der Waals surface area contributed by atoms with E-state index in [1.54, 1.807) is 23.2 Å². The molecule has 0 bridgehead atoms. The molecule has 1 amide bonds. The van der Waals surface area contributed by atoms with Gasteiger partial charge in [-0.3, -0.25) is 9.48 Å². The molecule has 3 aromatic rings. The van der Waals surface area contributed by atoms with Crippen LogP contribution in [0, 0.1) is 11.3 Å². The van der Waals surface area contributed by atoms with Crippen molar-refractivity contribution in [2.75, 3.05) is 13.1 Å². The molecule has 1 aromatic carbocycles. The van der Waals surface area contributed by atoms with Crippen LogP contribution in [-0.4, -0.2) is 44.7 Å². The molecule has 2 aromatic heterocycles. The lowest BCUT2D eigenvalue weighted by molar-refractivity contribution is 0.0708. The van der Waals surface area contributed by atoms with Gasteiger partial charge in [0, 0.05) is 43.0 Å². The number of amides is 1. The van der Waals surface area contributed by atoms with Crippen LogP contribution in [0.25, 0.3) is 21.7 Å². The van der Waals surface area contributed by atoms with Crippen molar-refractivity contribution in [1.29, 1.82) is 5.26 Å². The first-order valence-electron chi connectivity index (χ1n) is 9.68. The predicted octanol–water partition coefficient (Wildman–Crippen LogP) is 3.13. The molecular formula is C21H22N6OS. The average Bonchev–Trinajstić information content (AvgIpc) is 3.40. The molecule has 1 aliphatic rings. The molecule has 7 nitrogen and oxygen atoms in total. The number of nitrogens with two attached hydrogens (primary N) is 1. The Balaban J connectivity index is 1.75. The number of hydrogen-bond donors (Lipinski definition) is 1. The molecule has 0 radical (unpaired) electrons. The van der Waals surface area contributed by atoms with E-state index < -0.39 is 0 Å². The second-order valence-corrected chi connectivity index (χ2v) is 8.12. The highest BCUT2D eigenvalue weighted by atomic mass is 32.1. The Morgan fingerprint density at radius 3 is 2.79 bits per heavy atom. The van der Waals surface area contributed by atoms with Crippen LogP contribution in [0.4, 0.5) is 0 Å². The number of carbonyl (C=O) groups is 1. The second-order valence-electron chi connectivity index (χ2n) is 7.12. The Hall–Kier alpha value is -3.02. The van der Waals surface area contributed by atoms with E-state index in [0.717, 1.165) is 41.1 Å². The van der Waals surface area contributed by atoms with E-state index in [4.69, 9.17) is 16.0 Å². The minimum Gasteiger partial charge on any atom is -0.335 e. The lowest BCUT2D eigenvalue weighted by atomic mass is 10.1. The van der Waals surface area contributed by atoms with Crippen LogP contribution in [0.5, 0.6) is 0 Å². The normalized spacial score (nSPS) is 16.6. The highest BCUT2D eigenvalue weighted by Gasteiger charge is 2.27. The maximum atomic E-state index is 13.1. The molecule has 0 spiro atoms. The summed E-state index contributed by atoms with van der Waals surface area (Å²) < 4.78 is 1.85. The number of aromatic nitrogens is 3. The van der Waals surface area contributed by atoms with Gasteiger partial charge >= 0.3 is 0 Å². The van der Waals surface area contributed by atoms with Crippen molar-refractivity contribution in [3.63, 3.8) is 0 Å². The molecule has 8 heteroatoms. The highest BCUT2D eigenvalue weighted by Crippen LogP contribution is 2.37. The lowest BCUT2D eigenvalue weighted by Crippen LogP contribution is -2.45. The SMILES string of the molecule is CCn1cc(-c2sc(C(=O)N3CCC[C@@H](N)C3)nc2-c2ccc(C#N)cc2)cn1. The Kier molecular flexibility index (Phi) is 5.43. The van der Waals surface area contributed by atoms with Crippen LogP contribution < -0.4 is 5.73 Å². The van der Waals surface area contributed by atoms with E-state index in [1.165, 1.54) is 11.3 Å². The summed E-state index contributed by atoms with van der Waals surface area (Å²) >= 11 is 1.38. The van der Waals surface area contributed by atoms with Crippen molar-refractivity contribution in [3.8, 4) is 27.8 Å². The third-order valence-corrected chi connectivity index (χ3v) is 6.15. The third-order valence-electron chi connectivity index (χ3n) is 5.06. The Morgan fingerprint density at radius 1 is 1.34 bits per heavy atom. The fourth-order valence-corrected chi connectivity index (χ4v) is 4.52. The smallest absolute Gasteiger partial charge is 0.282 e. The van der Waals surface area contributed by atoms with Crippen molar-refractivity contribution in [3.05, 3.63) is 47.2 Å². The van der Waals surface area contributed by atoms with Crippen molar-refractivity contribution in [2.45, 2.75) is 32.4 Å². The summed E-state index contributed by atoms with van der Waals surface area (Å²) in [5, 5.41) is 13.9. The molecule has 29 heavy (non-hydrogen) atoms. The zero-order valence-corrected chi connectivity index (χ0v) is 17.0. The van der Waals surface area contributed by atoms with Gasteiger partial charge in [-0.15, -0.1) is 11.3 Å².